The first-order chi connectivity index (χ1) is 10.0. The van der Waals surface area contributed by atoms with Crippen LogP contribution in [0.5, 0.6) is 0 Å². The van der Waals surface area contributed by atoms with E-state index in [0.717, 1.165) is 16.7 Å². The molecule has 2 aromatic heterocycles. The summed E-state index contributed by atoms with van der Waals surface area (Å²) in [4.78, 5) is 23.1. The second-order valence-corrected chi connectivity index (χ2v) is 4.81. The third kappa shape index (κ3) is 2.43. The summed E-state index contributed by atoms with van der Waals surface area (Å²) in [5.41, 5.74) is 2.41. The second kappa shape index (κ2) is 4.90. The van der Waals surface area contributed by atoms with E-state index in [2.05, 4.69) is 20.3 Å². The minimum Gasteiger partial charge on any atom is -0.478 e. The van der Waals surface area contributed by atoms with Crippen LogP contribution in [0.1, 0.15) is 21.9 Å². The maximum absolute atomic E-state index is 11.3. The molecule has 3 N–H and O–H groups in total. The van der Waals surface area contributed by atoms with Gasteiger partial charge in [-0.15, -0.1) is 0 Å². The average Bonchev–Trinajstić information content (AvgIpc) is 2.79. The first kappa shape index (κ1) is 13.1. The molecule has 0 spiro atoms. The molecule has 6 nitrogen and oxygen atoms in total. The number of para-hydroxylation sites is 1. The number of carboxylic acid groups (broad SMARTS) is 1. The van der Waals surface area contributed by atoms with Crippen LogP contribution in [0.4, 0.5) is 11.5 Å². The van der Waals surface area contributed by atoms with Gasteiger partial charge in [-0.1, -0.05) is 12.1 Å². The largest absolute Gasteiger partial charge is 0.478 e. The van der Waals surface area contributed by atoms with Crippen LogP contribution in [-0.4, -0.2) is 26.0 Å². The Morgan fingerprint density at radius 1 is 1.24 bits per heavy atom. The van der Waals surface area contributed by atoms with E-state index >= 15 is 0 Å². The highest BCUT2D eigenvalue weighted by Crippen LogP contribution is 2.26. The smallest absolute Gasteiger partial charge is 0.337 e. The first-order valence-corrected chi connectivity index (χ1v) is 6.48. The number of aromatic amines is 1. The fourth-order valence-corrected chi connectivity index (χ4v) is 2.25. The first-order valence-electron chi connectivity index (χ1n) is 6.48. The van der Waals surface area contributed by atoms with Crippen LogP contribution in [-0.2, 0) is 0 Å². The van der Waals surface area contributed by atoms with Gasteiger partial charge in [-0.25, -0.2) is 14.8 Å². The number of rotatable bonds is 3. The summed E-state index contributed by atoms with van der Waals surface area (Å²) >= 11 is 0. The van der Waals surface area contributed by atoms with E-state index in [1.807, 2.05) is 13.0 Å². The molecule has 0 saturated carbocycles. The Kier molecular flexibility index (Phi) is 3.06. The minimum absolute atomic E-state index is 0.203. The highest BCUT2D eigenvalue weighted by Gasteiger charge is 2.13. The van der Waals surface area contributed by atoms with Crippen LogP contribution < -0.4 is 5.32 Å². The topological polar surface area (TPSA) is 90.9 Å². The number of hydrogen-bond acceptors (Lipinski definition) is 4. The number of nitrogens with zero attached hydrogens (tertiary/aromatic N) is 2. The van der Waals surface area contributed by atoms with Gasteiger partial charge in [-0.3, -0.25) is 0 Å². The number of aromatic nitrogens is 3. The van der Waals surface area contributed by atoms with Crippen molar-refractivity contribution in [3.63, 3.8) is 0 Å². The number of aromatic carboxylic acids is 1. The molecule has 0 fully saturated rings. The summed E-state index contributed by atoms with van der Waals surface area (Å²) in [6, 6.07) is 8.67. The molecular formula is C15H14N4O2. The summed E-state index contributed by atoms with van der Waals surface area (Å²) in [6.07, 6.45) is 0. The van der Waals surface area contributed by atoms with Crippen LogP contribution in [0, 0.1) is 13.8 Å². The Morgan fingerprint density at radius 2 is 2.00 bits per heavy atom. The van der Waals surface area contributed by atoms with E-state index in [0.29, 0.717) is 17.3 Å². The fraction of sp³-hybridized carbons (Fsp3) is 0.133. The number of hydrogen-bond donors (Lipinski definition) is 3. The van der Waals surface area contributed by atoms with Gasteiger partial charge in [0, 0.05) is 5.69 Å². The molecule has 0 amide bonds. The third-order valence-electron chi connectivity index (χ3n) is 3.14. The molecule has 0 aliphatic rings. The number of anilines is 2. The van der Waals surface area contributed by atoms with Crippen molar-refractivity contribution in [2.45, 2.75) is 13.8 Å². The summed E-state index contributed by atoms with van der Waals surface area (Å²) in [5.74, 6) is 0.223. The predicted octanol–water partition coefficient (Wildman–Crippen LogP) is 3.02. The Labute approximate surface area is 120 Å². The van der Waals surface area contributed by atoms with E-state index in [9.17, 15) is 9.90 Å². The molecule has 106 valence electrons. The highest BCUT2D eigenvalue weighted by molar-refractivity contribution is 5.97. The Morgan fingerprint density at radius 3 is 2.76 bits per heavy atom. The van der Waals surface area contributed by atoms with Gasteiger partial charge in [0.25, 0.3) is 0 Å². The van der Waals surface area contributed by atoms with E-state index in [4.69, 9.17) is 0 Å². The predicted molar refractivity (Wildman–Crippen MR) is 80.0 cm³/mol. The Balaban J connectivity index is 2.12. The van der Waals surface area contributed by atoms with Crippen molar-refractivity contribution in [3.8, 4) is 0 Å². The van der Waals surface area contributed by atoms with E-state index in [1.54, 1.807) is 31.2 Å². The quantitative estimate of drug-likeness (QED) is 0.687. The fourth-order valence-electron chi connectivity index (χ4n) is 2.25. The number of nitrogens with one attached hydrogen (secondary N) is 2. The van der Waals surface area contributed by atoms with Gasteiger partial charge in [0.1, 0.15) is 17.3 Å². The minimum atomic E-state index is -0.981. The highest BCUT2D eigenvalue weighted by atomic mass is 16.4. The van der Waals surface area contributed by atoms with Crippen LogP contribution in [0.25, 0.3) is 11.0 Å². The molecule has 3 aromatic rings. The van der Waals surface area contributed by atoms with Crippen LogP contribution in [0.15, 0.2) is 30.3 Å². The number of fused-ring (bicyclic) bond motifs is 1. The molecule has 0 unspecified atom stereocenters. The van der Waals surface area contributed by atoms with Crippen LogP contribution in [0.3, 0.4) is 0 Å². The number of carboxylic acids is 1. The molecule has 0 aliphatic heterocycles. The normalized spacial score (nSPS) is 10.8. The molecule has 0 radical (unpaired) electrons. The number of benzene rings is 1. The number of carbonyl (C=O) groups is 1. The average molecular weight is 282 g/mol. The molecule has 21 heavy (non-hydrogen) atoms. The number of aryl methyl sites for hydroxylation is 2. The van der Waals surface area contributed by atoms with E-state index in [1.165, 1.54) is 0 Å². The molecule has 3 rings (SSSR count). The van der Waals surface area contributed by atoms with Crippen molar-refractivity contribution >= 4 is 28.5 Å². The summed E-state index contributed by atoms with van der Waals surface area (Å²) in [6.45, 7) is 3.73. The van der Waals surface area contributed by atoms with Gasteiger partial charge in [0.05, 0.1) is 16.6 Å². The van der Waals surface area contributed by atoms with Gasteiger partial charge in [0.2, 0.25) is 0 Å². The standard InChI is InChI=1S/C15H14N4O2/c1-8-7-11-13(16-8)17-9(2)18-14(11)19-12-6-4-3-5-10(12)15(20)21/h3-7H,1-2H3,(H,20,21)(H2,16,17,18,19). The lowest BCUT2D eigenvalue weighted by Gasteiger charge is -2.10. The lowest BCUT2D eigenvalue weighted by molar-refractivity contribution is 0.0698. The van der Waals surface area contributed by atoms with Gasteiger partial charge < -0.3 is 15.4 Å². The molecule has 0 saturated heterocycles. The van der Waals surface area contributed by atoms with Crippen LogP contribution >= 0.6 is 0 Å². The third-order valence-corrected chi connectivity index (χ3v) is 3.14. The van der Waals surface area contributed by atoms with Crippen molar-refractivity contribution in [2.24, 2.45) is 0 Å². The SMILES string of the molecule is Cc1nc(Nc2ccccc2C(=O)O)c2cc(C)[nH]c2n1. The van der Waals surface area contributed by atoms with Crippen LogP contribution in [0.2, 0.25) is 0 Å². The lowest BCUT2D eigenvalue weighted by Crippen LogP contribution is -2.04. The summed E-state index contributed by atoms with van der Waals surface area (Å²) < 4.78 is 0. The zero-order valence-corrected chi connectivity index (χ0v) is 11.6. The molecule has 0 bridgehead atoms. The van der Waals surface area contributed by atoms with E-state index < -0.39 is 5.97 Å². The molecule has 6 heteroatoms. The second-order valence-electron chi connectivity index (χ2n) is 4.81. The van der Waals surface area contributed by atoms with Crippen molar-refractivity contribution in [2.75, 3.05) is 5.32 Å². The lowest BCUT2D eigenvalue weighted by atomic mass is 10.2. The molecule has 2 heterocycles. The van der Waals surface area contributed by atoms with Crippen molar-refractivity contribution in [3.05, 3.63) is 47.4 Å². The van der Waals surface area contributed by atoms with Gasteiger partial charge >= 0.3 is 5.97 Å². The van der Waals surface area contributed by atoms with Crippen molar-refractivity contribution in [1.29, 1.82) is 0 Å². The number of H-pyrrole nitrogens is 1. The van der Waals surface area contributed by atoms with Gasteiger partial charge in [-0.05, 0) is 32.0 Å². The van der Waals surface area contributed by atoms with E-state index in [-0.39, 0.29) is 5.56 Å². The zero-order valence-electron chi connectivity index (χ0n) is 11.6. The van der Waals surface area contributed by atoms with Crippen molar-refractivity contribution < 1.29 is 9.90 Å². The Bertz CT molecular complexity index is 839. The maximum Gasteiger partial charge on any atom is 0.337 e. The van der Waals surface area contributed by atoms with Crippen molar-refractivity contribution in [1.82, 2.24) is 15.0 Å². The molecule has 0 atom stereocenters. The zero-order chi connectivity index (χ0) is 15.0. The molecule has 0 aliphatic carbocycles. The van der Waals surface area contributed by atoms with Gasteiger partial charge in [-0.2, -0.15) is 0 Å². The molecule has 1 aromatic carbocycles. The van der Waals surface area contributed by atoms with Gasteiger partial charge in [0.15, 0.2) is 0 Å². The molecular weight excluding hydrogens is 268 g/mol. The maximum atomic E-state index is 11.3. The Hall–Kier alpha value is -2.89. The summed E-state index contributed by atoms with van der Waals surface area (Å²) in [7, 11) is 0. The monoisotopic (exact) mass is 282 g/mol. The summed E-state index contributed by atoms with van der Waals surface area (Å²) in [5, 5.41) is 13.2.